The van der Waals surface area contributed by atoms with Crippen LogP contribution in [-0.2, 0) is 0 Å². The number of anilines is 1. The largest absolute Gasteiger partial charge is 0.396 e. The van der Waals surface area contributed by atoms with Crippen molar-refractivity contribution in [2.45, 2.75) is 13.8 Å². The molecular weight excluding hydrogens is 202 g/mol. The van der Waals surface area contributed by atoms with Gasteiger partial charge in [-0.05, 0) is 12.8 Å². The lowest BCUT2D eigenvalue weighted by Crippen LogP contribution is -2.15. The summed E-state index contributed by atoms with van der Waals surface area (Å²) in [7, 11) is 0. The summed E-state index contributed by atoms with van der Waals surface area (Å²) < 4.78 is 0. The van der Waals surface area contributed by atoms with E-state index in [9.17, 15) is 0 Å². The maximum Gasteiger partial charge on any atom is 0.134 e. The average molecular weight is 216 g/mol. The van der Waals surface area contributed by atoms with E-state index in [2.05, 4.69) is 15.3 Å². The van der Waals surface area contributed by atoms with Crippen molar-refractivity contribution in [1.82, 2.24) is 9.97 Å². The van der Waals surface area contributed by atoms with Gasteiger partial charge in [0.1, 0.15) is 16.8 Å². The monoisotopic (exact) mass is 215 g/mol. The first kappa shape index (κ1) is 11.2. The van der Waals surface area contributed by atoms with Gasteiger partial charge in [-0.3, -0.25) is 0 Å². The third-order valence-electron chi connectivity index (χ3n) is 1.75. The minimum atomic E-state index is 0.158. The Hall–Kier alpha value is -0.870. The molecule has 1 atom stereocenters. The molecule has 0 aliphatic rings. The molecule has 1 heterocycles. The molecule has 0 saturated carbocycles. The number of aliphatic hydroxyl groups is 1. The Labute approximate surface area is 88.3 Å². The average Bonchev–Trinajstić information content (AvgIpc) is 2.12. The molecule has 4 nitrogen and oxygen atoms in total. The standard InChI is InChI=1S/C9H14ClN3O/c1-6(5-14)4-11-9-3-8(10)12-7(2)13-9/h3,6,14H,4-5H2,1-2H3,(H,11,12,13). The summed E-state index contributed by atoms with van der Waals surface area (Å²) in [6.45, 7) is 4.56. The Morgan fingerprint density at radius 2 is 2.29 bits per heavy atom. The molecule has 0 bridgehead atoms. The second-order valence-electron chi connectivity index (χ2n) is 3.29. The summed E-state index contributed by atoms with van der Waals surface area (Å²) in [6.07, 6.45) is 0. The van der Waals surface area contributed by atoms with Gasteiger partial charge in [0.2, 0.25) is 0 Å². The van der Waals surface area contributed by atoms with Crippen molar-refractivity contribution < 1.29 is 5.11 Å². The van der Waals surface area contributed by atoms with Crippen LogP contribution in [-0.4, -0.2) is 28.2 Å². The zero-order valence-corrected chi connectivity index (χ0v) is 9.04. The number of rotatable bonds is 4. The van der Waals surface area contributed by atoms with Crippen LogP contribution in [0.15, 0.2) is 6.07 Å². The maximum absolute atomic E-state index is 8.82. The van der Waals surface area contributed by atoms with Crippen LogP contribution in [0.3, 0.4) is 0 Å². The third-order valence-corrected chi connectivity index (χ3v) is 1.94. The Morgan fingerprint density at radius 1 is 1.57 bits per heavy atom. The topological polar surface area (TPSA) is 58.0 Å². The molecule has 0 amide bonds. The number of aromatic nitrogens is 2. The molecule has 1 rings (SSSR count). The van der Waals surface area contributed by atoms with Gasteiger partial charge >= 0.3 is 0 Å². The molecule has 14 heavy (non-hydrogen) atoms. The first-order valence-corrected chi connectivity index (χ1v) is 4.85. The SMILES string of the molecule is Cc1nc(Cl)cc(NCC(C)CO)n1. The highest BCUT2D eigenvalue weighted by Gasteiger charge is 2.02. The fraction of sp³-hybridized carbons (Fsp3) is 0.556. The van der Waals surface area contributed by atoms with Gasteiger partial charge in [-0.15, -0.1) is 0 Å². The second-order valence-corrected chi connectivity index (χ2v) is 3.68. The van der Waals surface area contributed by atoms with Crippen molar-refractivity contribution in [3.05, 3.63) is 17.0 Å². The van der Waals surface area contributed by atoms with E-state index in [-0.39, 0.29) is 12.5 Å². The third kappa shape index (κ3) is 3.47. The van der Waals surface area contributed by atoms with Crippen LogP contribution in [0, 0.1) is 12.8 Å². The van der Waals surface area contributed by atoms with E-state index in [0.717, 1.165) is 0 Å². The maximum atomic E-state index is 8.82. The summed E-state index contributed by atoms with van der Waals surface area (Å²) >= 11 is 5.76. The lowest BCUT2D eigenvalue weighted by Gasteiger charge is -2.10. The first-order valence-electron chi connectivity index (χ1n) is 4.47. The van der Waals surface area contributed by atoms with Crippen LogP contribution < -0.4 is 5.32 Å². The molecular formula is C9H14ClN3O. The Balaban J connectivity index is 2.58. The molecule has 0 fully saturated rings. The summed E-state index contributed by atoms with van der Waals surface area (Å²) in [5, 5.41) is 12.3. The van der Waals surface area contributed by atoms with Crippen molar-refractivity contribution >= 4 is 17.4 Å². The minimum absolute atomic E-state index is 0.158. The van der Waals surface area contributed by atoms with Gasteiger partial charge in [-0.1, -0.05) is 18.5 Å². The summed E-state index contributed by atoms with van der Waals surface area (Å²) in [5.74, 6) is 1.53. The number of hydrogen-bond donors (Lipinski definition) is 2. The summed E-state index contributed by atoms with van der Waals surface area (Å²) in [5.41, 5.74) is 0. The van der Waals surface area contributed by atoms with E-state index in [0.29, 0.717) is 23.3 Å². The molecule has 1 aromatic rings. The van der Waals surface area contributed by atoms with Gasteiger partial charge < -0.3 is 10.4 Å². The lowest BCUT2D eigenvalue weighted by atomic mass is 10.2. The van der Waals surface area contributed by atoms with Crippen LogP contribution in [0.5, 0.6) is 0 Å². The minimum Gasteiger partial charge on any atom is -0.396 e. The predicted molar refractivity (Wildman–Crippen MR) is 56.5 cm³/mol. The molecule has 2 N–H and O–H groups in total. The molecule has 0 aliphatic carbocycles. The van der Waals surface area contributed by atoms with Crippen molar-refractivity contribution in [3.8, 4) is 0 Å². The Morgan fingerprint density at radius 3 is 2.86 bits per heavy atom. The van der Waals surface area contributed by atoms with E-state index >= 15 is 0 Å². The molecule has 0 aliphatic heterocycles. The number of nitrogens with one attached hydrogen (secondary N) is 1. The van der Waals surface area contributed by atoms with E-state index in [1.54, 1.807) is 13.0 Å². The van der Waals surface area contributed by atoms with Crippen LogP contribution in [0.25, 0.3) is 0 Å². The zero-order valence-electron chi connectivity index (χ0n) is 8.29. The van der Waals surface area contributed by atoms with Gasteiger partial charge in [0.15, 0.2) is 0 Å². The van der Waals surface area contributed by atoms with Gasteiger partial charge in [-0.2, -0.15) is 0 Å². The van der Waals surface area contributed by atoms with E-state index in [1.807, 2.05) is 6.92 Å². The zero-order chi connectivity index (χ0) is 10.6. The normalized spacial score (nSPS) is 12.6. The molecule has 1 aromatic heterocycles. The van der Waals surface area contributed by atoms with Crippen LogP contribution in [0.1, 0.15) is 12.7 Å². The molecule has 1 unspecified atom stereocenters. The highest BCUT2D eigenvalue weighted by molar-refractivity contribution is 6.29. The highest BCUT2D eigenvalue weighted by atomic mass is 35.5. The first-order chi connectivity index (χ1) is 6.61. The van der Waals surface area contributed by atoms with E-state index < -0.39 is 0 Å². The van der Waals surface area contributed by atoms with Gasteiger partial charge in [-0.25, -0.2) is 9.97 Å². The van der Waals surface area contributed by atoms with E-state index in [1.165, 1.54) is 0 Å². The van der Waals surface area contributed by atoms with Gasteiger partial charge in [0.05, 0.1) is 0 Å². The molecule has 5 heteroatoms. The van der Waals surface area contributed by atoms with Crippen molar-refractivity contribution in [2.75, 3.05) is 18.5 Å². The number of halogens is 1. The predicted octanol–water partition coefficient (Wildman–Crippen LogP) is 1.48. The van der Waals surface area contributed by atoms with E-state index in [4.69, 9.17) is 16.7 Å². The molecule has 0 radical (unpaired) electrons. The number of nitrogens with zero attached hydrogens (tertiary/aromatic N) is 2. The van der Waals surface area contributed by atoms with Crippen LogP contribution >= 0.6 is 11.6 Å². The summed E-state index contributed by atoms with van der Waals surface area (Å²) in [4.78, 5) is 8.10. The Kier molecular flexibility index (Phi) is 4.10. The van der Waals surface area contributed by atoms with Crippen molar-refractivity contribution in [1.29, 1.82) is 0 Å². The molecule has 0 spiro atoms. The second kappa shape index (κ2) is 5.12. The number of aliphatic hydroxyl groups excluding tert-OH is 1. The number of aryl methyl sites for hydroxylation is 1. The van der Waals surface area contributed by atoms with Crippen LogP contribution in [0.4, 0.5) is 5.82 Å². The quantitative estimate of drug-likeness (QED) is 0.747. The Bertz CT molecular complexity index is 286. The smallest absolute Gasteiger partial charge is 0.134 e. The van der Waals surface area contributed by atoms with Crippen molar-refractivity contribution in [3.63, 3.8) is 0 Å². The van der Waals surface area contributed by atoms with Gasteiger partial charge in [0, 0.05) is 19.2 Å². The number of hydrogen-bond acceptors (Lipinski definition) is 4. The summed E-state index contributed by atoms with van der Waals surface area (Å²) in [6, 6.07) is 1.67. The van der Waals surface area contributed by atoms with Gasteiger partial charge in [0.25, 0.3) is 0 Å². The molecule has 78 valence electrons. The highest BCUT2D eigenvalue weighted by Crippen LogP contribution is 2.11. The fourth-order valence-corrected chi connectivity index (χ4v) is 1.19. The molecule has 0 saturated heterocycles. The molecule has 0 aromatic carbocycles. The van der Waals surface area contributed by atoms with Crippen molar-refractivity contribution in [2.24, 2.45) is 5.92 Å². The fourth-order valence-electron chi connectivity index (χ4n) is 0.965. The lowest BCUT2D eigenvalue weighted by molar-refractivity contribution is 0.244. The van der Waals surface area contributed by atoms with Crippen LogP contribution in [0.2, 0.25) is 5.15 Å².